The number of fused-ring (bicyclic) bond motifs is 3. The molecule has 3 aliphatic rings. The van der Waals surface area contributed by atoms with Crippen LogP contribution in [0.4, 0.5) is 4.79 Å². The first-order valence-corrected chi connectivity index (χ1v) is 12.6. The molecular weight excluding hydrogens is 444 g/mol. The Hall–Kier alpha value is -3.35. The van der Waals surface area contributed by atoms with E-state index < -0.39 is 18.1 Å². The Labute approximate surface area is 205 Å². The van der Waals surface area contributed by atoms with Crippen molar-refractivity contribution in [2.45, 2.75) is 62.9 Å². The van der Waals surface area contributed by atoms with Crippen molar-refractivity contribution in [2.75, 3.05) is 13.2 Å². The van der Waals surface area contributed by atoms with Crippen LogP contribution in [0, 0.1) is 5.92 Å². The zero-order valence-corrected chi connectivity index (χ0v) is 19.8. The number of hydrogen-bond donors (Lipinski definition) is 2. The van der Waals surface area contributed by atoms with Crippen molar-refractivity contribution in [1.82, 2.24) is 10.2 Å². The molecule has 0 unspecified atom stereocenters. The summed E-state index contributed by atoms with van der Waals surface area (Å²) in [5.41, 5.74) is 4.56. The van der Waals surface area contributed by atoms with Crippen LogP contribution < -0.4 is 5.32 Å². The fourth-order valence-corrected chi connectivity index (χ4v) is 5.64. The summed E-state index contributed by atoms with van der Waals surface area (Å²) < 4.78 is 5.67. The lowest BCUT2D eigenvalue weighted by atomic mass is 9.98. The molecule has 1 atom stereocenters. The van der Waals surface area contributed by atoms with E-state index in [2.05, 4.69) is 29.6 Å². The summed E-state index contributed by atoms with van der Waals surface area (Å²) in [5, 5.41) is 12.2. The first-order valence-electron chi connectivity index (χ1n) is 12.6. The number of amides is 2. The minimum Gasteiger partial charge on any atom is -0.480 e. The standard InChI is InChI=1S/C28H32N2O5/c31-26(32)16-30(19-7-1-2-8-19)27(33)25(15-18-13-14-18)29-28(34)35-17-24-22-11-5-3-9-20(22)21-10-4-6-12-23(21)24/h3-6,9-12,18-19,24-25H,1-2,7-8,13-17H2,(H,29,34)(H,31,32)/t25-/m0/s1. The second-order valence-electron chi connectivity index (χ2n) is 10.00. The molecule has 2 amide bonds. The number of carbonyl (C=O) groups is 3. The number of carbonyl (C=O) groups excluding carboxylic acids is 2. The lowest BCUT2D eigenvalue weighted by Crippen LogP contribution is -2.53. The molecule has 2 saturated carbocycles. The molecule has 0 aromatic heterocycles. The minimum absolute atomic E-state index is 0.0623. The number of benzene rings is 2. The molecule has 3 aliphatic carbocycles. The van der Waals surface area contributed by atoms with Gasteiger partial charge < -0.3 is 20.1 Å². The van der Waals surface area contributed by atoms with Gasteiger partial charge in [0.2, 0.25) is 5.91 Å². The van der Waals surface area contributed by atoms with Crippen molar-refractivity contribution < 1.29 is 24.2 Å². The number of carboxylic acids is 1. The Morgan fingerprint density at radius 2 is 1.54 bits per heavy atom. The van der Waals surface area contributed by atoms with E-state index >= 15 is 0 Å². The smallest absolute Gasteiger partial charge is 0.407 e. The quantitative estimate of drug-likeness (QED) is 0.554. The molecule has 0 aliphatic heterocycles. The van der Waals surface area contributed by atoms with E-state index in [0.717, 1.165) is 60.8 Å². The third-order valence-electron chi connectivity index (χ3n) is 7.55. The molecule has 2 N–H and O–H groups in total. The number of nitrogens with one attached hydrogen (secondary N) is 1. The molecule has 2 aromatic rings. The summed E-state index contributed by atoms with van der Waals surface area (Å²) in [7, 11) is 0. The highest BCUT2D eigenvalue weighted by molar-refractivity contribution is 5.88. The summed E-state index contributed by atoms with van der Waals surface area (Å²) in [5.74, 6) is -1.02. The molecule has 35 heavy (non-hydrogen) atoms. The molecule has 184 valence electrons. The Morgan fingerprint density at radius 3 is 2.11 bits per heavy atom. The molecule has 2 fully saturated rings. The van der Waals surface area contributed by atoms with Crippen molar-refractivity contribution in [1.29, 1.82) is 0 Å². The Balaban J connectivity index is 1.27. The number of rotatable bonds is 9. The topological polar surface area (TPSA) is 95.9 Å². The van der Waals surface area contributed by atoms with Crippen LogP contribution in [0.3, 0.4) is 0 Å². The number of aliphatic carboxylic acids is 1. The van der Waals surface area contributed by atoms with Crippen LogP contribution in [0.15, 0.2) is 48.5 Å². The molecule has 0 radical (unpaired) electrons. The number of alkyl carbamates (subject to hydrolysis) is 1. The highest BCUT2D eigenvalue weighted by Crippen LogP contribution is 2.44. The van der Waals surface area contributed by atoms with Crippen LogP contribution in [0.2, 0.25) is 0 Å². The van der Waals surface area contributed by atoms with Gasteiger partial charge >= 0.3 is 12.1 Å². The highest BCUT2D eigenvalue weighted by atomic mass is 16.5. The summed E-state index contributed by atoms with van der Waals surface area (Å²) in [6.45, 7) is -0.164. The van der Waals surface area contributed by atoms with Gasteiger partial charge in [0.05, 0.1) is 0 Å². The monoisotopic (exact) mass is 476 g/mol. The average Bonchev–Trinajstić information content (AvgIpc) is 3.39. The van der Waals surface area contributed by atoms with Gasteiger partial charge in [-0.05, 0) is 47.4 Å². The average molecular weight is 477 g/mol. The Bertz CT molecular complexity index is 1060. The fourth-order valence-electron chi connectivity index (χ4n) is 5.64. The third-order valence-corrected chi connectivity index (χ3v) is 7.55. The maximum atomic E-state index is 13.4. The molecule has 5 rings (SSSR count). The van der Waals surface area contributed by atoms with Crippen LogP contribution in [0.5, 0.6) is 0 Å². The first-order chi connectivity index (χ1) is 17.0. The molecule has 0 heterocycles. The normalized spacial score (nSPS) is 17.9. The summed E-state index contributed by atoms with van der Waals surface area (Å²) in [4.78, 5) is 39.3. The van der Waals surface area contributed by atoms with Gasteiger partial charge in [-0.3, -0.25) is 9.59 Å². The highest BCUT2D eigenvalue weighted by Gasteiger charge is 2.37. The number of hydrogen-bond acceptors (Lipinski definition) is 4. The number of carboxylic acid groups (broad SMARTS) is 1. The van der Waals surface area contributed by atoms with E-state index in [4.69, 9.17) is 4.74 Å². The Kier molecular flexibility index (Phi) is 6.75. The Morgan fingerprint density at radius 1 is 0.943 bits per heavy atom. The van der Waals surface area contributed by atoms with Gasteiger partial charge in [-0.15, -0.1) is 0 Å². The van der Waals surface area contributed by atoms with Gasteiger partial charge in [0.15, 0.2) is 0 Å². The van der Waals surface area contributed by atoms with Gasteiger partial charge in [-0.1, -0.05) is 74.2 Å². The van der Waals surface area contributed by atoms with E-state index in [9.17, 15) is 19.5 Å². The van der Waals surface area contributed by atoms with Crippen molar-refractivity contribution in [3.05, 3.63) is 59.7 Å². The molecule has 0 spiro atoms. The lowest BCUT2D eigenvalue weighted by molar-refractivity contribution is -0.147. The fraction of sp³-hybridized carbons (Fsp3) is 0.464. The van der Waals surface area contributed by atoms with Crippen LogP contribution in [-0.2, 0) is 14.3 Å². The molecule has 7 heteroatoms. The van der Waals surface area contributed by atoms with Gasteiger partial charge in [-0.25, -0.2) is 4.79 Å². The SMILES string of the molecule is O=C(O)CN(C(=O)[C@H](CC1CC1)NC(=O)OCC1c2ccccc2-c2ccccc21)C1CCCC1. The van der Waals surface area contributed by atoms with E-state index in [1.807, 2.05) is 24.3 Å². The minimum atomic E-state index is -1.03. The number of nitrogens with zero attached hydrogens (tertiary/aromatic N) is 1. The molecule has 2 aromatic carbocycles. The third kappa shape index (κ3) is 5.19. The molecule has 0 bridgehead atoms. The zero-order valence-electron chi connectivity index (χ0n) is 19.8. The second-order valence-corrected chi connectivity index (χ2v) is 10.00. The number of ether oxygens (including phenoxy) is 1. The van der Waals surface area contributed by atoms with Crippen molar-refractivity contribution in [3.63, 3.8) is 0 Å². The van der Waals surface area contributed by atoms with Crippen LogP contribution >= 0.6 is 0 Å². The second kappa shape index (κ2) is 10.1. The predicted molar refractivity (Wildman–Crippen MR) is 131 cm³/mol. The maximum absolute atomic E-state index is 13.4. The summed E-state index contributed by atoms with van der Waals surface area (Å²) in [6, 6.07) is 15.4. The van der Waals surface area contributed by atoms with Crippen LogP contribution in [0.25, 0.3) is 11.1 Å². The summed E-state index contributed by atoms with van der Waals surface area (Å²) >= 11 is 0. The molecule has 7 nitrogen and oxygen atoms in total. The van der Waals surface area contributed by atoms with Gasteiger partial charge in [0, 0.05) is 12.0 Å². The van der Waals surface area contributed by atoms with Crippen molar-refractivity contribution in [3.8, 4) is 11.1 Å². The zero-order chi connectivity index (χ0) is 24.4. The van der Waals surface area contributed by atoms with Gasteiger partial charge in [0.1, 0.15) is 19.2 Å². The van der Waals surface area contributed by atoms with E-state index in [-0.39, 0.29) is 31.0 Å². The lowest BCUT2D eigenvalue weighted by Gasteiger charge is -2.31. The van der Waals surface area contributed by atoms with Crippen LogP contribution in [-0.4, -0.2) is 53.2 Å². The van der Waals surface area contributed by atoms with Crippen molar-refractivity contribution >= 4 is 18.0 Å². The molecule has 0 saturated heterocycles. The van der Waals surface area contributed by atoms with Crippen LogP contribution in [0.1, 0.15) is 62.0 Å². The summed E-state index contributed by atoms with van der Waals surface area (Å²) in [6.07, 6.45) is 5.53. The van der Waals surface area contributed by atoms with Crippen molar-refractivity contribution in [2.24, 2.45) is 5.92 Å². The first kappa shape index (κ1) is 23.4. The van der Waals surface area contributed by atoms with E-state index in [1.54, 1.807) is 0 Å². The van der Waals surface area contributed by atoms with E-state index in [1.165, 1.54) is 4.90 Å². The largest absolute Gasteiger partial charge is 0.480 e. The van der Waals surface area contributed by atoms with Gasteiger partial charge in [0.25, 0.3) is 0 Å². The predicted octanol–water partition coefficient (Wildman–Crippen LogP) is 4.55. The van der Waals surface area contributed by atoms with Gasteiger partial charge in [-0.2, -0.15) is 0 Å². The van der Waals surface area contributed by atoms with E-state index in [0.29, 0.717) is 12.3 Å². The maximum Gasteiger partial charge on any atom is 0.407 e. The molecular formula is C28H32N2O5.